The second kappa shape index (κ2) is 8.81. The van der Waals surface area contributed by atoms with Gasteiger partial charge in [0.05, 0.1) is 23.5 Å². The third-order valence-electron chi connectivity index (χ3n) is 5.43. The number of alkyl halides is 3. The number of para-hydroxylation sites is 2. The van der Waals surface area contributed by atoms with Crippen LogP contribution in [0.1, 0.15) is 35.1 Å². The van der Waals surface area contributed by atoms with Crippen molar-refractivity contribution < 1.29 is 31.6 Å². The number of carbonyl (C=O) groups excluding carboxylic acids is 1. The van der Waals surface area contributed by atoms with Gasteiger partial charge in [-0.05, 0) is 37.1 Å². The minimum Gasteiger partial charge on any atom is -0.405 e. The molecule has 1 unspecified atom stereocenters. The lowest BCUT2D eigenvalue weighted by Crippen LogP contribution is -2.32. The molecule has 2 aromatic heterocycles. The lowest BCUT2D eigenvalue weighted by Gasteiger charge is -2.23. The summed E-state index contributed by atoms with van der Waals surface area (Å²) in [4.78, 5) is 20.2. The molecule has 5 rings (SSSR count). The van der Waals surface area contributed by atoms with E-state index in [1.165, 1.54) is 53.7 Å². The SMILES string of the molecule is O=C(c1cccc(F)c1-n1nccn1)N1CCCC1c1nc(-c2ccccc2OC(F)(F)F)no1. The number of nitrogens with zero attached hydrogens (tertiary/aromatic N) is 6. The quantitative estimate of drug-likeness (QED) is 0.386. The Morgan fingerprint density at radius 1 is 1.09 bits per heavy atom. The number of rotatable bonds is 5. The molecule has 2 aromatic carbocycles. The smallest absolute Gasteiger partial charge is 0.405 e. The van der Waals surface area contributed by atoms with Crippen LogP contribution in [0.5, 0.6) is 5.75 Å². The maximum Gasteiger partial charge on any atom is 0.573 e. The van der Waals surface area contributed by atoms with E-state index in [2.05, 4.69) is 25.1 Å². The summed E-state index contributed by atoms with van der Waals surface area (Å²) >= 11 is 0. The van der Waals surface area contributed by atoms with Crippen molar-refractivity contribution in [3.05, 3.63) is 72.1 Å². The van der Waals surface area contributed by atoms with Crippen molar-refractivity contribution in [1.82, 2.24) is 30.0 Å². The summed E-state index contributed by atoms with van der Waals surface area (Å²) in [5.74, 6) is -1.74. The molecule has 1 aliphatic heterocycles. The number of ether oxygens (including phenoxy) is 1. The van der Waals surface area contributed by atoms with Gasteiger partial charge in [0.25, 0.3) is 5.91 Å². The maximum atomic E-state index is 14.6. The average molecular weight is 488 g/mol. The summed E-state index contributed by atoms with van der Waals surface area (Å²) in [5, 5.41) is 11.7. The molecule has 13 heteroatoms. The van der Waals surface area contributed by atoms with E-state index in [4.69, 9.17) is 4.52 Å². The lowest BCUT2D eigenvalue weighted by atomic mass is 10.1. The molecule has 0 radical (unpaired) electrons. The first-order valence-electron chi connectivity index (χ1n) is 10.5. The van der Waals surface area contributed by atoms with E-state index in [-0.39, 0.29) is 28.5 Å². The number of hydrogen-bond acceptors (Lipinski definition) is 7. The highest BCUT2D eigenvalue weighted by Crippen LogP contribution is 2.36. The molecule has 35 heavy (non-hydrogen) atoms. The first-order chi connectivity index (χ1) is 16.8. The van der Waals surface area contributed by atoms with Crippen LogP contribution in [0.2, 0.25) is 0 Å². The Hall–Kier alpha value is -4.29. The Labute approximate surface area is 194 Å². The van der Waals surface area contributed by atoms with E-state index in [9.17, 15) is 22.4 Å². The van der Waals surface area contributed by atoms with Gasteiger partial charge in [-0.2, -0.15) is 15.2 Å². The summed E-state index contributed by atoms with van der Waals surface area (Å²) in [5.41, 5.74) is -0.0813. The van der Waals surface area contributed by atoms with E-state index in [1.54, 1.807) is 0 Å². The van der Waals surface area contributed by atoms with Crippen molar-refractivity contribution in [1.29, 1.82) is 0 Å². The van der Waals surface area contributed by atoms with Crippen LogP contribution in [0, 0.1) is 5.82 Å². The molecule has 0 saturated carbocycles. The van der Waals surface area contributed by atoms with Crippen LogP contribution in [0.15, 0.2) is 59.4 Å². The number of benzene rings is 2. The molecule has 1 amide bonds. The second-order valence-corrected chi connectivity index (χ2v) is 7.61. The molecule has 0 bridgehead atoms. The molecule has 4 aromatic rings. The molecular weight excluding hydrogens is 472 g/mol. The summed E-state index contributed by atoms with van der Waals surface area (Å²) in [6, 6.07) is 8.81. The first-order valence-corrected chi connectivity index (χ1v) is 10.5. The van der Waals surface area contributed by atoms with Gasteiger partial charge in [-0.15, -0.1) is 18.0 Å². The molecule has 1 aliphatic rings. The number of halogens is 4. The fourth-order valence-corrected chi connectivity index (χ4v) is 3.99. The van der Waals surface area contributed by atoms with E-state index in [0.29, 0.717) is 19.4 Å². The lowest BCUT2D eigenvalue weighted by molar-refractivity contribution is -0.274. The molecule has 9 nitrogen and oxygen atoms in total. The Balaban J connectivity index is 1.45. The van der Waals surface area contributed by atoms with Crippen LogP contribution < -0.4 is 4.74 Å². The number of aromatic nitrogens is 5. The highest BCUT2D eigenvalue weighted by atomic mass is 19.4. The Morgan fingerprint density at radius 3 is 2.63 bits per heavy atom. The van der Waals surface area contributed by atoms with Crippen LogP contribution in [0.25, 0.3) is 17.1 Å². The summed E-state index contributed by atoms with van der Waals surface area (Å²) < 4.78 is 62.4. The number of amides is 1. The molecule has 0 N–H and O–H groups in total. The molecule has 1 saturated heterocycles. The summed E-state index contributed by atoms with van der Waals surface area (Å²) in [6.45, 7) is 0.331. The first kappa shape index (κ1) is 22.5. The van der Waals surface area contributed by atoms with Gasteiger partial charge in [0.1, 0.15) is 17.5 Å². The van der Waals surface area contributed by atoms with Crippen LogP contribution >= 0.6 is 0 Å². The van der Waals surface area contributed by atoms with Crippen LogP contribution in [-0.2, 0) is 0 Å². The third-order valence-corrected chi connectivity index (χ3v) is 5.43. The van der Waals surface area contributed by atoms with Crippen LogP contribution in [0.4, 0.5) is 17.6 Å². The molecule has 0 spiro atoms. The van der Waals surface area contributed by atoms with Crippen LogP contribution in [0.3, 0.4) is 0 Å². The molecule has 180 valence electrons. The fourth-order valence-electron chi connectivity index (χ4n) is 3.99. The van der Waals surface area contributed by atoms with Crippen molar-refractivity contribution in [2.45, 2.75) is 25.2 Å². The van der Waals surface area contributed by atoms with E-state index < -0.39 is 29.9 Å². The standard InChI is InChI=1S/C22H16F4N6O3/c23-15-7-3-6-14(18(15)32-27-10-11-28-32)21(33)31-12-4-8-16(31)20-29-19(30-35-20)13-5-1-2-9-17(13)34-22(24,25)26/h1-3,5-7,9-11,16H,4,8,12H2. The number of carbonyl (C=O) groups is 1. The zero-order valence-electron chi connectivity index (χ0n) is 17.8. The average Bonchev–Trinajstić information content (AvgIpc) is 3.59. The molecule has 0 aliphatic carbocycles. The highest BCUT2D eigenvalue weighted by Gasteiger charge is 2.37. The van der Waals surface area contributed by atoms with Crippen molar-refractivity contribution in [3.63, 3.8) is 0 Å². The summed E-state index contributed by atoms with van der Waals surface area (Å²) in [6.07, 6.45) is -1.10. The van der Waals surface area contributed by atoms with Gasteiger partial charge in [-0.3, -0.25) is 4.79 Å². The molecule has 1 atom stereocenters. The molecule has 1 fully saturated rings. The van der Waals surface area contributed by atoms with Gasteiger partial charge in [-0.1, -0.05) is 23.4 Å². The molecular formula is C22H16F4N6O3. The minimum absolute atomic E-state index is 0.0205. The fraction of sp³-hybridized carbons (Fsp3) is 0.227. The van der Waals surface area contributed by atoms with E-state index >= 15 is 0 Å². The largest absolute Gasteiger partial charge is 0.573 e. The number of likely N-dealkylation sites (tertiary alicyclic amines) is 1. The van der Waals surface area contributed by atoms with Gasteiger partial charge in [-0.25, -0.2) is 4.39 Å². The normalized spacial score (nSPS) is 16.0. The minimum atomic E-state index is -4.90. The third kappa shape index (κ3) is 4.44. The van der Waals surface area contributed by atoms with E-state index in [1.807, 2.05) is 0 Å². The molecule has 3 heterocycles. The predicted molar refractivity (Wildman–Crippen MR) is 111 cm³/mol. The van der Waals surface area contributed by atoms with Crippen molar-refractivity contribution >= 4 is 5.91 Å². The van der Waals surface area contributed by atoms with Gasteiger partial charge in [0.2, 0.25) is 11.7 Å². The van der Waals surface area contributed by atoms with Crippen molar-refractivity contribution in [2.75, 3.05) is 6.54 Å². The maximum absolute atomic E-state index is 14.6. The number of hydrogen-bond donors (Lipinski definition) is 0. The second-order valence-electron chi connectivity index (χ2n) is 7.61. The van der Waals surface area contributed by atoms with Gasteiger partial charge in [0, 0.05) is 6.54 Å². The van der Waals surface area contributed by atoms with Crippen molar-refractivity contribution in [3.8, 4) is 22.8 Å². The predicted octanol–water partition coefficient (Wildman–Crippen LogP) is 4.33. The van der Waals surface area contributed by atoms with E-state index in [0.717, 1.165) is 10.9 Å². The van der Waals surface area contributed by atoms with Gasteiger partial charge < -0.3 is 14.2 Å². The van der Waals surface area contributed by atoms with Gasteiger partial charge in [0.15, 0.2) is 5.82 Å². The zero-order chi connectivity index (χ0) is 24.6. The Morgan fingerprint density at radius 2 is 1.86 bits per heavy atom. The van der Waals surface area contributed by atoms with Crippen molar-refractivity contribution in [2.24, 2.45) is 0 Å². The Bertz CT molecular complexity index is 1360. The van der Waals surface area contributed by atoms with Crippen LogP contribution in [-0.4, -0.2) is 48.8 Å². The monoisotopic (exact) mass is 488 g/mol. The Kier molecular flexibility index (Phi) is 5.67. The highest BCUT2D eigenvalue weighted by molar-refractivity contribution is 5.98. The summed E-state index contributed by atoms with van der Waals surface area (Å²) in [7, 11) is 0. The topological polar surface area (TPSA) is 99.2 Å². The van der Waals surface area contributed by atoms with Gasteiger partial charge >= 0.3 is 6.36 Å². The zero-order valence-corrected chi connectivity index (χ0v) is 17.8.